The van der Waals surface area contributed by atoms with Gasteiger partial charge in [0.1, 0.15) is 13.2 Å². The van der Waals surface area contributed by atoms with Crippen molar-refractivity contribution < 1.29 is 18.5 Å². The average molecular weight is 318 g/mol. The van der Waals surface area contributed by atoms with Gasteiger partial charge >= 0.3 is 7.75 Å². The summed E-state index contributed by atoms with van der Waals surface area (Å²) in [6.45, 7) is 0.879. The van der Waals surface area contributed by atoms with Crippen molar-refractivity contribution in [3.8, 4) is 0 Å². The van der Waals surface area contributed by atoms with Crippen LogP contribution in [0, 0.1) is 10.1 Å². The van der Waals surface area contributed by atoms with Gasteiger partial charge in [0.05, 0.1) is 0 Å². The molecular formula is C11H15N2O5PS. The smallest absolute Gasteiger partial charge is 0.293 e. The van der Waals surface area contributed by atoms with Gasteiger partial charge in [-0.2, -0.15) is 0 Å². The number of nitrogens with zero attached hydrogens (tertiary/aromatic N) is 1. The molecule has 0 spiro atoms. The topological polar surface area (TPSA) is 90.7 Å². The fraction of sp³-hybridized carbons (Fsp3) is 0.455. The molecule has 1 aliphatic heterocycles. The molecule has 1 aromatic rings. The molecule has 1 saturated heterocycles. The molecule has 0 bridgehead atoms. The van der Waals surface area contributed by atoms with E-state index >= 15 is 0 Å². The Labute approximate surface area is 120 Å². The van der Waals surface area contributed by atoms with Crippen LogP contribution in [-0.4, -0.2) is 29.9 Å². The third kappa shape index (κ3) is 3.32. The summed E-state index contributed by atoms with van der Waals surface area (Å²) < 4.78 is 22.5. The van der Waals surface area contributed by atoms with Gasteiger partial charge in [0, 0.05) is 22.4 Å². The first-order valence-electron chi connectivity index (χ1n) is 5.83. The molecule has 0 aromatic heterocycles. The van der Waals surface area contributed by atoms with Crippen molar-refractivity contribution in [3.05, 3.63) is 34.4 Å². The van der Waals surface area contributed by atoms with E-state index in [2.05, 4.69) is 5.09 Å². The average Bonchev–Trinajstić information content (AvgIpc) is 2.42. The maximum Gasteiger partial charge on any atom is 0.433 e. The fourth-order valence-corrected chi connectivity index (χ4v) is 3.56. The van der Waals surface area contributed by atoms with E-state index in [9.17, 15) is 14.7 Å². The Morgan fingerprint density at radius 3 is 2.65 bits per heavy atom. The van der Waals surface area contributed by atoms with Crippen molar-refractivity contribution in [3.63, 3.8) is 0 Å². The first-order valence-corrected chi connectivity index (χ1v) is 8.60. The lowest BCUT2D eigenvalue weighted by molar-refractivity contribution is -0.572. The maximum atomic E-state index is 12.3. The third-order valence-electron chi connectivity index (χ3n) is 2.87. The van der Waals surface area contributed by atoms with Gasteiger partial charge in [-0.3, -0.25) is 24.2 Å². The van der Waals surface area contributed by atoms with E-state index in [1.54, 1.807) is 23.9 Å². The first kappa shape index (κ1) is 15.3. The van der Waals surface area contributed by atoms with Gasteiger partial charge < -0.3 is 0 Å². The van der Waals surface area contributed by atoms with Gasteiger partial charge in [-0.1, -0.05) is 6.07 Å². The van der Waals surface area contributed by atoms with Gasteiger partial charge in [-0.25, -0.2) is 4.57 Å². The molecule has 0 atom stereocenters. The van der Waals surface area contributed by atoms with Crippen LogP contribution in [0.5, 0.6) is 0 Å². The Morgan fingerprint density at radius 2 is 2.10 bits per heavy atom. The van der Waals surface area contributed by atoms with Crippen molar-refractivity contribution in [2.24, 2.45) is 0 Å². The van der Waals surface area contributed by atoms with Crippen LogP contribution in [0.25, 0.3) is 0 Å². The van der Waals surface area contributed by atoms with Crippen LogP contribution in [0.1, 0.15) is 6.92 Å². The van der Waals surface area contributed by atoms with Crippen LogP contribution in [0.2, 0.25) is 0 Å². The van der Waals surface area contributed by atoms with Crippen LogP contribution >= 0.6 is 19.5 Å². The number of thioether (sulfide) groups is 1. The Balaban J connectivity index is 2.07. The lowest BCUT2D eigenvalue weighted by atomic mass is 10.1. The summed E-state index contributed by atoms with van der Waals surface area (Å²) >= 11 is 1.55. The van der Waals surface area contributed by atoms with E-state index in [0.29, 0.717) is 5.69 Å². The molecule has 1 fully saturated rings. The SMILES string of the molecule is CSc1cccc(NP2(=O)OCC(C)([N+](=O)[O-])CO2)c1. The second-order valence-electron chi connectivity index (χ2n) is 4.64. The predicted octanol–water partition coefficient (Wildman–Crippen LogP) is 3.01. The van der Waals surface area contributed by atoms with Gasteiger partial charge in [-0.05, 0) is 24.5 Å². The molecule has 110 valence electrons. The van der Waals surface area contributed by atoms with Crippen molar-refractivity contribution >= 4 is 25.2 Å². The highest BCUT2D eigenvalue weighted by Crippen LogP contribution is 2.52. The highest BCUT2D eigenvalue weighted by atomic mass is 32.2. The van der Waals surface area contributed by atoms with Gasteiger partial charge in [0.2, 0.25) is 0 Å². The Bertz CT molecular complexity index is 555. The second kappa shape index (κ2) is 5.73. The van der Waals surface area contributed by atoms with Gasteiger partial charge in [-0.15, -0.1) is 11.8 Å². The number of anilines is 1. The molecule has 1 aliphatic rings. The molecule has 0 saturated carbocycles. The highest BCUT2D eigenvalue weighted by Gasteiger charge is 2.48. The summed E-state index contributed by atoms with van der Waals surface area (Å²) in [7, 11) is -3.55. The normalized spacial score (nSPS) is 29.9. The van der Waals surface area contributed by atoms with Gasteiger partial charge in [0.25, 0.3) is 5.54 Å². The molecule has 0 amide bonds. The third-order valence-corrected chi connectivity index (χ3v) is 5.06. The molecule has 1 N–H and O–H groups in total. The largest absolute Gasteiger partial charge is 0.433 e. The van der Waals surface area contributed by atoms with Crippen molar-refractivity contribution in [2.45, 2.75) is 17.4 Å². The molecule has 1 aromatic carbocycles. The van der Waals surface area contributed by atoms with Crippen LogP contribution in [0.15, 0.2) is 29.2 Å². The lowest BCUT2D eigenvalue weighted by Crippen LogP contribution is -2.47. The zero-order valence-electron chi connectivity index (χ0n) is 11.1. The number of benzene rings is 1. The lowest BCUT2D eigenvalue weighted by Gasteiger charge is -2.30. The summed E-state index contributed by atoms with van der Waals surface area (Å²) in [5.41, 5.74) is -0.777. The number of nitro groups is 1. The minimum Gasteiger partial charge on any atom is -0.293 e. The van der Waals surface area contributed by atoms with Gasteiger partial charge in [0.15, 0.2) is 0 Å². The summed E-state index contributed by atoms with van der Waals surface area (Å²) in [5.74, 6) is 0. The first-order chi connectivity index (χ1) is 9.37. The molecule has 7 nitrogen and oxygen atoms in total. The monoisotopic (exact) mass is 318 g/mol. The van der Waals surface area contributed by atoms with Crippen LogP contribution < -0.4 is 5.09 Å². The molecule has 2 rings (SSSR count). The van der Waals surface area contributed by atoms with Crippen molar-refractivity contribution in [1.29, 1.82) is 0 Å². The maximum absolute atomic E-state index is 12.3. The standard InChI is InChI=1S/C11H15N2O5PS/c1-11(13(14)15)7-17-19(16,18-8-11)12-9-4-3-5-10(6-9)20-2/h3-6H,7-8H2,1-2H3,(H,12,16). The molecule has 0 aliphatic carbocycles. The molecule has 0 unspecified atom stereocenters. The van der Waals surface area contributed by atoms with Crippen LogP contribution in [-0.2, 0) is 13.6 Å². The number of hydrogen-bond acceptors (Lipinski definition) is 6. The zero-order valence-corrected chi connectivity index (χ0v) is 12.8. The summed E-state index contributed by atoms with van der Waals surface area (Å²) in [5, 5.41) is 13.5. The molecular weight excluding hydrogens is 303 g/mol. The molecule has 20 heavy (non-hydrogen) atoms. The van der Waals surface area contributed by atoms with E-state index < -0.39 is 18.2 Å². The number of rotatable bonds is 4. The van der Waals surface area contributed by atoms with Crippen molar-refractivity contribution in [1.82, 2.24) is 0 Å². The summed E-state index contributed by atoms with van der Waals surface area (Å²) in [6, 6.07) is 7.26. The number of nitrogens with one attached hydrogen (secondary N) is 1. The second-order valence-corrected chi connectivity index (χ2v) is 7.26. The highest BCUT2D eigenvalue weighted by molar-refractivity contribution is 7.98. The molecule has 9 heteroatoms. The van der Waals surface area contributed by atoms with E-state index in [1.807, 2.05) is 18.4 Å². The number of hydrogen-bond donors (Lipinski definition) is 1. The Morgan fingerprint density at radius 1 is 1.45 bits per heavy atom. The Kier molecular flexibility index (Phi) is 4.39. The zero-order chi connectivity index (χ0) is 14.8. The van der Waals surface area contributed by atoms with E-state index in [4.69, 9.17) is 9.05 Å². The fourth-order valence-electron chi connectivity index (χ4n) is 1.55. The summed E-state index contributed by atoms with van der Waals surface area (Å²) in [6.07, 6.45) is 1.93. The quantitative estimate of drug-likeness (QED) is 0.395. The predicted molar refractivity (Wildman–Crippen MR) is 76.8 cm³/mol. The van der Waals surface area contributed by atoms with Crippen LogP contribution in [0.3, 0.4) is 0 Å². The minimum absolute atomic E-state index is 0.257. The van der Waals surface area contributed by atoms with Crippen LogP contribution in [0.4, 0.5) is 5.69 Å². The summed E-state index contributed by atoms with van der Waals surface area (Å²) in [4.78, 5) is 11.4. The van der Waals surface area contributed by atoms with Crippen molar-refractivity contribution in [2.75, 3.05) is 24.6 Å². The molecule has 0 radical (unpaired) electrons. The minimum atomic E-state index is -3.55. The van der Waals surface area contributed by atoms with E-state index in [-0.39, 0.29) is 13.2 Å². The van der Waals surface area contributed by atoms with E-state index in [1.165, 1.54) is 6.92 Å². The Hall–Kier alpha value is -1.08. The van der Waals surface area contributed by atoms with E-state index in [0.717, 1.165) is 4.90 Å². The molecule has 1 heterocycles.